The molecule has 76 valence electrons. The van der Waals surface area contributed by atoms with E-state index >= 15 is 0 Å². The van der Waals surface area contributed by atoms with Crippen molar-refractivity contribution in [3.63, 3.8) is 0 Å². The zero-order valence-electron chi connectivity index (χ0n) is 8.58. The Balaban J connectivity index is 1.72. The molecule has 0 spiro atoms. The van der Waals surface area contributed by atoms with Gasteiger partial charge in [-0.3, -0.25) is 0 Å². The van der Waals surface area contributed by atoms with E-state index < -0.39 is 0 Å². The van der Waals surface area contributed by atoms with Gasteiger partial charge < -0.3 is 10.0 Å². The van der Waals surface area contributed by atoms with Gasteiger partial charge in [0.15, 0.2) is 0 Å². The second kappa shape index (κ2) is 3.97. The lowest BCUT2D eigenvalue weighted by Gasteiger charge is -2.24. The summed E-state index contributed by atoms with van der Waals surface area (Å²) in [5, 5.41) is 9.95. The van der Waals surface area contributed by atoms with Gasteiger partial charge in [-0.25, -0.2) is 0 Å². The van der Waals surface area contributed by atoms with E-state index in [1.807, 2.05) is 0 Å². The fourth-order valence-electron chi connectivity index (χ4n) is 2.45. The van der Waals surface area contributed by atoms with E-state index in [9.17, 15) is 5.11 Å². The van der Waals surface area contributed by atoms with Gasteiger partial charge in [-0.15, -0.1) is 0 Å². The highest BCUT2D eigenvalue weighted by Gasteiger charge is 2.30. The van der Waals surface area contributed by atoms with Gasteiger partial charge in [-0.05, 0) is 38.6 Å². The molecule has 0 bridgehead atoms. The van der Waals surface area contributed by atoms with Crippen LogP contribution >= 0.6 is 0 Å². The van der Waals surface area contributed by atoms with Gasteiger partial charge >= 0.3 is 0 Å². The van der Waals surface area contributed by atoms with Crippen molar-refractivity contribution in [1.29, 1.82) is 0 Å². The molecule has 0 saturated heterocycles. The predicted molar refractivity (Wildman–Crippen MR) is 53.6 cm³/mol. The fourth-order valence-corrected chi connectivity index (χ4v) is 2.45. The molecule has 13 heavy (non-hydrogen) atoms. The van der Waals surface area contributed by atoms with Crippen molar-refractivity contribution in [2.24, 2.45) is 5.92 Å². The first-order valence-electron chi connectivity index (χ1n) is 5.65. The second-order valence-corrected chi connectivity index (χ2v) is 4.78. The van der Waals surface area contributed by atoms with Gasteiger partial charge in [-0.2, -0.15) is 0 Å². The Hall–Kier alpha value is -0.0800. The third-order valence-electron chi connectivity index (χ3n) is 3.59. The average Bonchev–Trinajstić information content (AvgIpc) is 2.81. The van der Waals surface area contributed by atoms with E-state index in [4.69, 9.17) is 0 Å². The predicted octanol–water partition coefficient (Wildman–Crippen LogP) is 1.63. The Labute approximate surface area is 80.9 Å². The average molecular weight is 183 g/mol. The van der Waals surface area contributed by atoms with Crippen LogP contribution in [-0.4, -0.2) is 35.7 Å². The van der Waals surface area contributed by atoms with Gasteiger partial charge in [0.25, 0.3) is 0 Å². The third kappa shape index (κ3) is 2.44. The van der Waals surface area contributed by atoms with E-state index in [0.29, 0.717) is 5.92 Å². The van der Waals surface area contributed by atoms with Crippen LogP contribution in [-0.2, 0) is 0 Å². The van der Waals surface area contributed by atoms with Crippen LogP contribution in [0.5, 0.6) is 0 Å². The summed E-state index contributed by atoms with van der Waals surface area (Å²) in [6.07, 6.45) is 7.78. The number of hydrogen-bond donors (Lipinski definition) is 1. The summed E-state index contributed by atoms with van der Waals surface area (Å²) in [5.74, 6) is 0.598. The number of rotatable bonds is 4. The highest BCUT2D eigenvalue weighted by Crippen LogP contribution is 2.30. The van der Waals surface area contributed by atoms with Crippen LogP contribution < -0.4 is 0 Å². The van der Waals surface area contributed by atoms with Crippen LogP contribution in [0.1, 0.15) is 38.5 Å². The van der Waals surface area contributed by atoms with Gasteiger partial charge in [0, 0.05) is 12.6 Å². The molecule has 2 aliphatic rings. The van der Waals surface area contributed by atoms with E-state index in [2.05, 4.69) is 11.9 Å². The SMILES string of the molecule is CN(CC(O)C1CCCC1)C1CC1. The second-order valence-electron chi connectivity index (χ2n) is 4.78. The molecule has 2 heteroatoms. The Bertz CT molecular complexity index is 161. The summed E-state index contributed by atoms with van der Waals surface area (Å²) in [6, 6.07) is 0.788. The number of nitrogens with zero attached hydrogens (tertiary/aromatic N) is 1. The van der Waals surface area contributed by atoms with Gasteiger partial charge in [0.1, 0.15) is 0 Å². The first-order valence-corrected chi connectivity index (χ1v) is 5.65. The summed E-state index contributed by atoms with van der Waals surface area (Å²) >= 11 is 0. The molecule has 0 amide bonds. The van der Waals surface area contributed by atoms with Crippen LogP contribution in [0.4, 0.5) is 0 Å². The molecular formula is C11H21NO. The number of aliphatic hydroxyl groups is 1. The maximum Gasteiger partial charge on any atom is 0.0695 e. The van der Waals surface area contributed by atoms with Crippen molar-refractivity contribution in [3.05, 3.63) is 0 Å². The number of hydrogen-bond acceptors (Lipinski definition) is 2. The van der Waals surface area contributed by atoms with E-state index in [1.54, 1.807) is 0 Å². The molecule has 0 aromatic rings. The van der Waals surface area contributed by atoms with Crippen molar-refractivity contribution in [2.45, 2.75) is 50.7 Å². The highest BCUT2D eigenvalue weighted by molar-refractivity contribution is 4.85. The summed E-state index contributed by atoms with van der Waals surface area (Å²) in [6.45, 7) is 0.898. The van der Waals surface area contributed by atoms with Crippen LogP contribution in [0.2, 0.25) is 0 Å². The molecule has 2 fully saturated rings. The van der Waals surface area contributed by atoms with Crippen LogP contribution in [0.15, 0.2) is 0 Å². The third-order valence-corrected chi connectivity index (χ3v) is 3.59. The molecular weight excluding hydrogens is 162 g/mol. The number of aliphatic hydroxyl groups excluding tert-OH is 1. The monoisotopic (exact) mass is 183 g/mol. The molecule has 1 atom stereocenters. The Kier molecular flexibility index (Phi) is 2.89. The summed E-state index contributed by atoms with van der Waals surface area (Å²) in [5.41, 5.74) is 0. The fraction of sp³-hybridized carbons (Fsp3) is 1.00. The summed E-state index contributed by atoms with van der Waals surface area (Å²) in [4.78, 5) is 2.34. The van der Waals surface area contributed by atoms with E-state index in [1.165, 1.54) is 38.5 Å². The van der Waals surface area contributed by atoms with Gasteiger partial charge in [0.2, 0.25) is 0 Å². The molecule has 0 radical (unpaired) electrons. The van der Waals surface area contributed by atoms with E-state index in [0.717, 1.165) is 12.6 Å². The smallest absolute Gasteiger partial charge is 0.0695 e. The maximum absolute atomic E-state index is 9.95. The van der Waals surface area contributed by atoms with Crippen molar-refractivity contribution in [1.82, 2.24) is 4.90 Å². The van der Waals surface area contributed by atoms with Gasteiger partial charge in [0.05, 0.1) is 6.10 Å². The molecule has 2 nitrogen and oxygen atoms in total. The minimum atomic E-state index is -0.0619. The van der Waals surface area contributed by atoms with E-state index in [-0.39, 0.29) is 6.10 Å². The quantitative estimate of drug-likeness (QED) is 0.716. The minimum Gasteiger partial charge on any atom is -0.392 e. The minimum absolute atomic E-state index is 0.0619. The molecule has 2 rings (SSSR count). The standard InChI is InChI=1S/C11H21NO/c1-12(10-6-7-10)8-11(13)9-4-2-3-5-9/h9-11,13H,2-8H2,1H3. The molecule has 0 aromatic heterocycles. The van der Waals surface area contributed by atoms with Gasteiger partial charge in [-0.1, -0.05) is 12.8 Å². The first kappa shape index (κ1) is 9.47. The maximum atomic E-state index is 9.95. The van der Waals surface area contributed by atoms with Crippen LogP contribution in [0.3, 0.4) is 0 Å². The Morgan fingerprint density at radius 1 is 1.23 bits per heavy atom. The number of likely N-dealkylation sites (N-methyl/N-ethyl adjacent to an activating group) is 1. The lowest BCUT2D eigenvalue weighted by molar-refractivity contribution is 0.0723. The van der Waals surface area contributed by atoms with Crippen molar-refractivity contribution in [3.8, 4) is 0 Å². The molecule has 1 N–H and O–H groups in total. The largest absolute Gasteiger partial charge is 0.392 e. The zero-order valence-corrected chi connectivity index (χ0v) is 8.58. The lowest BCUT2D eigenvalue weighted by Crippen LogP contribution is -2.34. The Morgan fingerprint density at radius 3 is 2.38 bits per heavy atom. The molecule has 0 heterocycles. The van der Waals surface area contributed by atoms with Crippen molar-refractivity contribution in [2.75, 3.05) is 13.6 Å². The van der Waals surface area contributed by atoms with Crippen LogP contribution in [0.25, 0.3) is 0 Å². The zero-order chi connectivity index (χ0) is 9.26. The lowest BCUT2D eigenvalue weighted by atomic mass is 10.0. The molecule has 1 unspecified atom stereocenters. The summed E-state index contributed by atoms with van der Waals surface area (Å²) < 4.78 is 0. The molecule has 0 aliphatic heterocycles. The highest BCUT2D eigenvalue weighted by atomic mass is 16.3. The molecule has 2 aliphatic carbocycles. The summed E-state index contributed by atoms with van der Waals surface area (Å²) in [7, 11) is 2.15. The Morgan fingerprint density at radius 2 is 1.85 bits per heavy atom. The molecule has 0 aromatic carbocycles. The topological polar surface area (TPSA) is 23.5 Å². The normalized spacial score (nSPS) is 27.0. The van der Waals surface area contributed by atoms with Crippen molar-refractivity contribution < 1.29 is 5.11 Å². The van der Waals surface area contributed by atoms with Crippen LogP contribution in [0, 0.1) is 5.92 Å². The van der Waals surface area contributed by atoms with Crippen molar-refractivity contribution >= 4 is 0 Å². The first-order chi connectivity index (χ1) is 6.27. The molecule has 2 saturated carbocycles.